The van der Waals surface area contributed by atoms with Gasteiger partial charge in [0.15, 0.2) is 0 Å². The van der Waals surface area contributed by atoms with E-state index in [0.29, 0.717) is 0 Å². The standard InChI is InChI=1S/C58H45NO/c60-42-45-28-33-54(34-29-45)59(53-31-26-44(27-32-53)39-56(48-18-8-2-9-19-48)49-20-10-3-11-21-49)58-41-47(40-57(50-22-12-4-13-23-50)51-24-14-5-15-25-51)38-52-37-46(30-35-55(52)58)36-43-16-6-1-7-17-43/h1-35,37-41,60H,36,42H2. The molecule has 0 fully saturated rings. The van der Waals surface area contributed by atoms with Gasteiger partial charge in [0.1, 0.15) is 0 Å². The summed E-state index contributed by atoms with van der Waals surface area (Å²) in [5.41, 5.74) is 15.7. The van der Waals surface area contributed by atoms with E-state index in [-0.39, 0.29) is 6.61 Å². The SMILES string of the molecule is OCc1ccc(N(c2ccc(C=C(c3ccccc3)c3ccccc3)cc2)c2cc(C=C(c3ccccc3)c3ccccc3)cc3cc(Cc4ccccc4)ccc23)cc1. The summed E-state index contributed by atoms with van der Waals surface area (Å²) in [6.45, 7) is -0.0123. The van der Waals surface area contributed by atoms with Crippen LogP contribution in [0.25, 0.3) is 34.1 Å². The minimum absolute atomic E-state index is 0.0123. The van der Waals surface area contributed by atoms with Crippen molar-refractivity contribution in [2.45, 2.75) is 13.0 Å². The van der Waals surface area contributed by atoms with Gasteiger partial charge in [0.05, 0.1) is 12.3 Å². The first-order chi connectivity index (χ1) is 29.7. The van der Waals surface area contributed by atoms with Gasteiger partial charge in [0.2, 0.25) is 0 Å². The first-order valence-corrected chi connectivity index (χ1v) is 20.5. The Morgan fingerprint density at radius 1 is 0.383 bits per heavy atom. The predicted octanol–water partition coefficient (Wildman–Crippen LogP) is 14.6. The van der Waals surface area contributed by atoms with E-state index >= 15 is 0 Å². The first-order valence-electron chi connectivity index (χ1n) is 20.5. The molecule has 0 aliphatic heterocycles. The molecule has 0 atom stereocenters. The maximum Gasteiger partial charge on any atom is 0.0681 e. The molecule has 0 aromatic heterocycles. The number of fused-ring (bicyclic) bond motifs is 1. The summed E-state index contributed by atoms with van der Waals surface area (Å²) in [7, 11) is 0. The number of anilines is 3. The van der Waals surface area contributed by atoms with Gasteiger partial charge < -0.3 is 10.0 Å². The fraction of sp³-hybridized carbons (Fsp3) is 0.0345. The van der Waals surface area contributed by atoms with Crippen molar-refractivity contribution in [3.63, 3.8) is 0 Å². The predicted molar refractivity (Wildman–Crippen MR) is 254 cm³/mol. The summed E-state index contributed by atoms with van der Waals surface area (Å²) >= 11 is 0. The number of aliphatic hydroxyl groups excluding tert-OH is 1. The van der Waals surface area contributed by atoms with Gasteiger partial charge in [-0.3, -0.25) is 0 Å². The number of hydrogen-bond acceptors (Lipinski definition) is 2. The molecule has 60 heavy (non-hydrogen) atoms. The van der Waals surface area contributed by atoms with E-state index in [9.17, 15) is 5.11 Å². The highest BCUT2D eigenvalue weighted by Crippen LogP contribution is 2.41. The zero-order valence-electron chi connectivity index (χ0n) is 33.4. The van der Waals surface area contributed by atoms with Crippen molar-refractivity contribution in [1.29, 1.82) is 0 Å². The van der Waals surface area contributed by atoms with Crippen LogP contribution in [0.2, 0.25) is 0 Å². The highest BCUT2D eigenvalue weighted by Gasteiger charge is 2.18. The van der Waals surface area contributed by atoms with Crippen molar-refractivity contribution in [1.82, 2.24) is 0 Å². The van der Waals surface area contributed by atoms with Gasteiger partial charge in [-0.1, -0.05) is 194 Å². The molecule has 2 nitrogen and oxygen atoms in total. The Balaban J connectivity index is 1.23. The third-order valence-electron chi connectivity index (χ3n) is 11.0. The van der Waals surface area contributed by atoms with E-state index in [0.717, 1.165) is 62.3 Å². The molecule has 0 heterocycles. The molecule has 0 saturated carbocycles. The van der Waals surface area contributed by atoms with Crippen molar-refractivity contribution >= 4 is 51.1 Å². The number of nitrogens with zero attached hydrogens (tertiary/aromatic N) is 1. The van der Waals surface area contributed by atoms with E-state index in [1.54, 1.807) is 0 Å². The molecule has 288 valence electrons. The van der Waals surface area contributed by atoms with Crippen LogP contribution < -0.4 is 4.90 Å². The first kappa shape index (κ1) is 38.0. The molecule has 0 amide bonds. The fourth-order valence-electron chi connectivity index (χ4n) is 8.00. The zero-order chi connectivity index (χ0) is 40.5. The molecule has 0 aliphatic rings. The lowest BCUT2D eigenvalue weighted by molar-refractivity contribution is 0.282. The quantitative estimate of drug-likeness (QED) is 0.125. The Hall–Kier alpha value is -7.52. The van der Waals surface area contributed by atoms with Gasteiger partial charge in [-0.25, -0.2) is 0 Å². The number of rotatable bonds is 12. The smallest absolute Gasteiger partial charge is 0.0681 e. The Labute approximate surface area is 353 Å². The summed E-state index contributed by atoms with van der Waals surface area (Å²) in [6.07, 6.45) is 5.45. The highest BCUT2D eigenvalue weighted by molar-refractivity contribution is 6.03. The van der Waals surface area contributed by atoms with Crippen LogP contribution in [-0.4, -0.2) is 5.11 Å². The normalized spacial score (nSPS) is 10.9. The molecular weight excluding hydrogens is 727 g/mol. The second-order valence-electron chi connectivity index (χ2n) is 15.1. The molecule has 0 saturated heterocycles. The van der Waals surface area contributed by atoms with E-state index < -0.39 is 0 Å². The topological polar surface area (TPSA) is 23.5 Å². The third kappa shape index (κ3) is 8.66. The second kappa shape index (κ2) is 18.0. The van der Waals surface area contributed by atoms with Gasteiger partial charge in [0, 0.05) is 16.8 Å². The monoisotopic (exact) mass is 771 g/mol. The minimum Gasteiger partial charge on any atom is -0.392 e. The average molecular weight is 772 g/mol. The lowest BCUT2D eigenvalue weighted by Crippen LogP contribution is -2.11. The van der Waals surface area contributed by atoms with Crippen LogP contribution >= 0.6 is 0 Å². The van der Waals surface area contributed by atoms with Gasteiger partial charge in [-0.2, -0.15) is 0 Å². The van der Waals surface area contributed by atoms with Crippen molar-refractivity contribution in [3.8, 4) is 0 Å². The second-order valence-corrected chi connectivity index (χ2v) is 15.1. The molecule has 0 bridgehead atoms. The molecule has 9 aromatic rings. The number of aliphatic hydroxyl groups is 1. The summed E-state index contributed by atoms with van der Waals surface area (Å²) in [4.78, 5) is 2.35. The molecule has 9 rings (SSSR count). The van der Waals surface area contributed by atoms with Crippen LogP contribution in [0, 0.1) is 0 Å². The molecule has 0 spiro atoms. The summed E-state index contributed by atoms with van der Waals surface area (Å²) in [5.74, 6) is 0. The van der Waals surface area contributed by atoms with Crippen LogP contribution in [0.4, 0.5) is 17.1 Å². The Morgan fingerprint density at radius 3 is 1.30 bits per heavy atom. The van der Waals surface area contributed by atoms with E-state index in [1.165, 1.54) is 33.2 Å². The lowest BCUT2D eigenvalue weighted by Gasteiger charge is -2.28. The van der Waals surface area contributed by atoms with Gasteiger partial charge >= 0.3 is 0 Å². The lowest BCUT2D eigenvalue weighted by atomic mass is 9.93. The molecule has 1 N–H and O–H groups in total. The zero-order valence-corrected chi connectivity index (χ0v) is 33.4. The Kier molecular flexibility index (Phi) is 11.4. The van der Waals surface area contributed by atoms with E-state index in [4.69, 9.17) is 0 Å². The van der Waals surface area contributed by atoms with Crippen molar-refractivity contribution in [3.05, 3.63) is 281 Å². The van der Waals surface area contributed by atoms with Crippen LogP contribution in [-0.2, 0) is 13.0 Å². The van der Waals surface area contributed by atoms with Gasteiger partial charge in [-0.15, -0.1) is 0 Å². The van der Waals surface area contributed by atoms with E-state index in [1.807, 2.05) is 12.1 Å². The van der Waals surface area contributed by atoms with Crippen LogP contribution in [0.15, 0.2) is 231 Å². The van der Waals surface area contributed by atoms with Crippen LogP contribution in [0.3, 0.4) is 0 Å². The Morgan fingerprint density at radius 2 is 0.817 bits per heavy atom. The van der Waals surface area contributed by atoms with Gasteiger partial charge in [0.25, 0.3) is 0 Å². The molecule has 2 heteroatoms. The highest BCUT2D eigenvalue weighted by atomic mass is 16.3. The fourth-order valence-corrected chi connectivity index (χ4v) is 8.00. The van der Waals surface area contributed by atoms with Crippen molar-refractivity contribution in [2.24, 2.45) is 0 Å². The molecule has 0 radical (unpaired) electrons. The van der Waals surface area contributed by atoms with Gasteiger partial charge in [-0.05, 0) is 122 Å². The molecular formula is C58H45NO. The summed E-state index contributed by atoms with van der Waals surface area (Å²) < 4.78 is 0. The summed E-state index contributed by atoms with van der Waals surface area (Å²) in [6, 6.07) is 81.8. The molecule has 0 aliphatic carbocycles. The van der Waals surface area contributed by atoms with Crippen LogP contribution in [0.5, 0.6) is 0 Å². The third-order valence-corrected chi connectivity index (χ3v) is 11.0. The van der Waals surface area contributed by atoms with E-state index in [2.05, 4.69) is 235 Å². The average Bonchev–Trinajstić information content (AvgIpc) is 3.32. The largest absolute Gasteiger partial charge is 0.392 e. The number of hydrogen-bond donors (Lipinski definition) is 1. The minimum atomic E-state index is -0.0123. The van der Waals surface area contributed by atoms with Crippen molar-refractivity contribution in [2.75, 3.05) is 4.90 Å². The summed E-state index contributed by atoms with van der Waals surface area (Å²) in [5, 5.41) is 12.3. The maximum atomic E-state index is 10.0. The maximum absolute atomic E-state index is 10.0. The van der Waals surface area contributed by atoms with Crippen LogP contribution in [0.1, 0.15) is 50.1 Å². The number of benzene rings is 9. The molecule has 9 aromatic carbocycles. The molecule has 0 unspecified atom stereocenters. The van der Waals surface area contributed by atoms with Crippen molar-refractivity contribution < 1.29 is 5.11 Å². The Bertz CT molecular complexity index is 2780.